The summed E-state index contributed by atoms with van der Waals surface area (Å²) >= 11 is 0. The number of esters is 1. The van der Waals surface area contributed by atoms with E-state index in [-0.39, 0.29) is 62.2 Å². The summed E-state index contributed by atoms with van der Waals surface area (Å²) in [5.74, 6) is -4.05. The molecule has 3 rings (SSSR count). The van der Waals surface area contributed by atoms with Crippen LogP contribution in [-0.4, -0.2) is 91.3 Å². The molecule has 1 aliphatic rings. The molecule has 2 heterocycles. The van der Waals surface area contributed by atoms with Crippen molar-refractivity contribution >= 4 is 34.8 Å². The highest BCUT2D eigenvalue weighted by atomic mass is 19.4. The summed E-state index contributed by atoms with van der Waals surface area (Å²) in [6.45, 7) is 0.715. The number of ether oxygens (including phenoxy) is 3. The zero-order chi connectivity index (χ0) is 28.7. The van der Waals surface area contributed by atoms with E-state index in [1.165, 1.54) is 35.1 Å². The number of methoxy groups -OCH3 is 1. The van der Waals surface area contributed by atoms with Crippen molar-refractivity contribution in [2.45, 2.75) is 31.9 Å². The second-order valence-electron chi connectivity index (χ2n) is 8.67. The Labute approximate surface area is 222 Å². The lowest BCUT2D eigenvalue weighted by Gasteiger charge is -2.36. The Morgan fingerprint density at radius 3 is 2.31 bits per heavy atom. The van der Waals surface area contributed by atoms with Gasteiger partial charge in [-0.3, -0.25) is 19.4 Å². The van der Waals surface area contributed by atoms with Crippen LogP contribution in [-0.2, 0) is 19.1 Å². The highest BCUT2D eigenvalue weighted by Gasteiger charge is 2.36. The topological polar surface area (TPSA) is 141 Å². The molecule has 0 bridgehead atoms. The molecule has 3 amide bonds. The molecule has 1 saturated heterocycles. The van der Waals surface area contributed by atoms with E-state index in [4.69, 9.17) is 15.2 Å². The number of rotatable bonds is 9. The highest BCUT2D eigenvalue weighted by Crippen LogP contribution is 2.37. The molecule has 1 aromatic carbocycles. The Kier molecular flexibility index (Phi) is 9.54. The number of fused-ring (bicyclic) bond motifs is 1. The fourth-order valence-corrected chi connectivity index (χ4v) is 4.28. The van der Waals surface area contributed by atoms with Crippen LogP contribution < -0.4 is 10.5 Å². The summed E-state index contributed by atoms with van der Waals surface area (Å²) in [6.07, 6.45) is -5.67. The van der Waals surface area contributed by atoms with Crippen LogP contribution in [0.15, 0.2) is 24.3 Å². The van der Waals surface area contributed by atoms with Gasteiger partial charge in [0.05, 0.1) is 30.8 Å². The molecule has 39 heavy (non-hydrogen) atoms. The lowest BCUT2D eigenvalue weighted by atomic mass is 9.91. The molecular weight excluding hydrogens is 525 g/mol. The molecule has 1 aromatic heterocycles. The number of nitrogens with zero attached hydrogens (tertiary/aromatic N) is 3. The van der Waals surface area contributed by atoms with Crippen LogP contribution in [0, 0.1) is 0 Å². The van der Waals surface area contributed by atoms with E-state index in [0.29, 0.717) is 0 Å². The van der Waals surface area contributed by atoms with Gasteiger partial charge in [-0.15, -0.1) is 0 Å². The Morgan fingerprint density at radius 2 is 1.72 bits per heavy atom. The third kappa shape index (κ3) is 7.27. The molecule has 2 N–H and O–H groups in total. The van der Waals surface area contributed by atoms with Crippen LogP contribution in [0.5, 0.6) is 5.75 Å². The maximum atomic E-state index is 13.8. The summed E-state index contributed by atoms with van der Waals surface area (Å²) in [7, 11) is 1.17. The molecule has 212 valence electrons. The average Bonchev–Trinajstić information content (AvgIpc) is 2.90. The maximum Gasteiger partial charge on any atom is 0.422 e. The van der Waals surface area contributed by atoms with Gasteiger partial charge in [-0.1, -0.05) is 12.1 Å². The third-order valence-electron chi connectivity index (χ3n) is 6.11. The van der Waals surface area contributed by atoms with Gasteiger partial charge >= 0.3 is 18.2 Å². The Bertz CT molecular complexity index is 1230. The Hall–Kier alpha value is -4.10. The fourth-order valence-electron chi connectivity index (χ4n) is 4.28. The van der Waals surface area contributed by atoms with Gasteiger partial charge < -0.3 is 29.7 Å². The number of alkyl halides is 3. The summed E-state index contributed by atoms with van der Waals surface area (Å²) in [5, 5.41) is 0.0986. The number of para-hydroxylation sites is 1. The predicted molar refractivity (Wildman–Crippen MR) is 131 cm³/mol. The van der Waals surface area contributed by atoms with Crippen LogP contribution in [0.25, 0.3) is 10.9 Å². The average molecular weight is 555 g/mol. The second kappa shape index (κ2) is 12.6. The fraction of sp³-hybridized carbons (Fsp3) is 0.480. The SMILES string of the molecule is CCOC(=O)N1CCN(C(=O)C(CCC(=O)OC)c2nc3ccccc3c(OCC(F)(F)F)c2C(N)=O)CC1. The van der Waals surface area contributed by atoms with Crippen molar-refractivity contribution in [1.29, 1.82) is 0 Å². The van der Waals surface area contributed by atoms with Gasteiger partial charge in [0, 0.05) is 38.0 Å². The van der Waals surface area contributed by atoms with Crippen molar-refractivity contribution in [2.24, 2.45) is 5.73 Å². The number of carbonyl (C=O) groups excluding carboxylic acids is 4. The normalized spacial score (nSPS) is 14.6. The van der Waals surface area contributed by atoms with Crippen molar-refractivity contribution < 1.29 is 46.6 Å². The lowest BCUT2D eigenvalue weighted by Crippen LogP contribution is -2.52. The zero-order valence-electron chi connectivity index (χ0n) is 21.5. The second-order valence-corrected chi connectivity index (χ2v) is 8.67. The molecule has 1 fully saturated rings. The van der Waals surface area contributed by atoms with Gasteiger partial charge in [-0.25, -0.2) is 4.79 Å². The Morgan fingerprint density at radius 1 is 1.08 bits per heavy atom. The molecule has 14 heteroatoms. The van der Waals surface area contributed by atoms with E-state index in [2.05, 4.69) is 9.72 Å². The number of carbonyl (C=O) groups is 4. The van der Waals surface area contributed by atoms with E-state index >= 15 is 0 Å². The number of benzene rings is 1. The van der Waals surface area contributed by atoms with Gasteiger partial charge in [-0.05, 0) is 25.5 Å². The molecule has 1 atom stereocenters. The van der Waals surface area contributed by atoms with Crippen molar-refractivity contribution in [3.63, 3.8) is 0 Å². The van der Waals surface area contributed by atoms with Crippen molar-refractivity contribution in [3.05, 3.63) is 35.5 Å². The van der Waals surface area contributed by atoms with Gasteiger partial charge in [0.15, 0.2) is 6.61 Å². The molecule has 1 aliphatic heterocycles. The molecule has 0 radical (unpaired) electrons. The van der Waals surface area contributed by atoms with E-state index in [0.717, 1.165) is 0 Å². The summed E-state index contributed by atoms with van der Waals surface area (Å²) in [4.78, 5) is 57.7. The van der Waals surface area contributed by atoms with Crippen LogP contribution in [0.4, 0.5) is 18.0 Å². The van der Waals surface area contributed by atoms with Gasteiger partial charge in [0.2, 0.25) is 5.91 Å². The quantitative estimate of drug-likeness (QED) is 0.467. The smallest absolute Gasteiger partial charge is 0.422 e. The third-order valence-corrected chi connectivity index (χ3v) is 6.11. The van der Waals surface area contributed by atoms with E-state index in [1.807, 2.05) is 0 Å². The molecule has 11 nitrogen and oxygen atoms in total. The molecule has 0 spiro atoms. The van der Waals surface area contributed by atoms with Crippen molar-refractivity contribution in [2.75, 3.05) is 46.5 Å². The minimum atomic E-state index is -4.72. The first-order valence-corrected chi connectivity index (χ1v) is 12.2. The molecule has 0 saturated carbocycles. The molecule has 2 aromatic rings. The minimum absolute atomic E-state index is 0.0986. The standard InChI is InChI=1S/C25H29F3N4O7/c1-3-38-24(36)32-12-10-31(11-13-32)23(35)16(8-9-18(33)37-2)20-19(22(29)34)21(39-14-25(26,27)28)15-6-4-5-7-17(15)30-20/h4-7,16H,3,8-14H2,1-2H3,(H2,29,34). The lowest BCUT2D eigenvalue weighted by molar-refractivity contribution is -0.153. The number of halogens is 3. The largest absolute Gasteiger partial charge is 0.482 e. The van der Waals surface area contributed by atoms with Crippen LogP contribution >= 0.6 is 0 Å². The number of hydrogen-bond acceptors (Lipinski definition) is 8. The van der Waals surface area contributed by atoms with E-state index < -0.39 is 53.9 Å². The van der Waals surface area contributed by atoms with E-state index in [1.54, 1.807) is 13.0 Å². The van der Waals surface area contributed by atoms with Gasteiger partial charge in [0.1, 0.15) is 11.3 Å². The molecule has 0 aliphatic carbocycles. The monoisotopic (exact) mass is 554 g/mol. The highest BCUT2D eigenvalue weighted by molar-refractivity contribution is 6.04. The van der Waals surface area contributed by atoms with Crippen LogP contribution in [0.2, 0.25) is 0 Å². The minimum Gasteiger partial charge on any atom is -0.482 e. The van der Waals surface area contributed by atoms with E-state index in [9.17, 15) is 32.3 Å². The number of amides is 3. The summed E-state index contributed by atoms with van der Waals surface area (Å²) in [6, 6.07) is 6.02. The number of aromatic nitrogens is 1. The number of nitrogens with two attached hydrogens (primary N) is 1. The van der Waals surface area contributed by atoms with Crippen molar-refractivity contribution in [3.8, 4) is 5.75 Å². The molecular formula is C25H29F3N4O7. The van der Waals surface area contributed by atoms with Crippen molar-refractivity contribution in [1.82, 2.24) is 14.8 Å². The van der Waals surface area contributed by atoms with Crippen LogP contribution in [0.3, 0.4) is 0 Å². The first-order valence-electron chi connectivity index (χ1n) is 12.2. The Balaban J connectivity index is 2.07. The maximum absolute atomic E-state index is 13.8. The summed E-state index contributed by atoms with van der Waals surface area (Å²) in [5.41, 5.74) is 5.09. The van der Waals surface area contributed by atoms with Crippen LogP contribution in [0.1, 0.15) is 41.7 Å². The predicted octanol–water partition coefficient (Wildman–Crippen LogP) is 2.61. The first-order chi connectivity index (χ1) is 18.5. The number of hydrogen-bond donors (Lipinski definition) is 1. The summed E-state index contributed by atoms with van der Waals surface area (Å²) < 4.78 is 54.0. The van der Waals surface area contributed by atoms with Gasteiger partial charge in [0.25, 0.3) is 5.91 Å². The number of pyridine rings is 1. The van der Waals surface area contributed by atoms with Gasteiger partial charge in [-0.2, -0.15) is 13.2 Å². The number of piperazine rings is 1. The molecule has 1 unspecified atom stereocenters. The first kappa shape index (κ1) is 29.5. The zero-order valence-corrected chi connectivity index (χ0v) is 21.5. The number of primary amides is 1.